The summed E-state index contributed by atoms with van der Waals surface area (Å²) in [4.78, 5) is 13.9. The van der Waals surface area contributed by atoms with E-state index in [1.54, 1.807) is 12.0 Å². The molecule has 0 N–H and O–H groups in total. The van der Waals surface area contributed by atoms with E-state index in [1.807, 2.05) is 20.8 Å². The number of carbonyl (C=O) groups excluding carboxylic acids is 1. The van der Waals surface area contributed by atoms with Gasteiger partial charge in [0.25, 0.3) is 0 Å². The SMILES string of the molecule is COC[C@H](C)COCc1ccc(C2=CCN(C(=O)OC(C)(C)C)CC2)cc1. The van der Waals surface area contributed by atoms with Gasteiger partial charge in [0.15, 0.2) is 0 Å². The van der Waals surface area contributed by atoms with Crippen molar-refractivity contribution in [3.05, 3.63) is 41.5 Å². The fourth-order valence-electron chi connectivity index (χ4n) is 2.95. The van der Waals surface area contributed by atoms with E-state index in [2.05, 4.69) is 37.3 Å². The molecule has 5 heteroatoms. The molecule has 1 aliphatic rings. The normalized spacial score (nSPS) is 16.0. The molecule has 0 fully saturated rings. The Bertz CT molecular complexity index is 631. The number of carbonyl (C=O) groups is 1. The Hall–Kier alpha value is -1.85. The Labute approximate surface area is 163 Å². The van der Waals surface area contributed by atoms with E-state index in [4.69, 9.17) is 14.2 Å². The van der Waals surface area contributed by atoms with Crippen LogP contribution < -0.4 is 0 Å². The lowest BCUT2D eigenvalue weighted by Crippen LogP contribution is -2.39. The third-order valence-corrected chi connectivity index (χ3v) is 4.31. The molecule has 0 saturated carbocycles. The molecular formula is C22H33NO4. The number of ether oxygens (including phenoxy) is 3. The summed E-state index contributed by atoms with van der Waals surface area (Å²) in [5.41, 5.74) is 3.18. The van der Waals surface area contributed by atoms with E-state index < -0.39 is 5.60 Å². The third-order valence-electron chi connectivity index (χ3n) is 4.31. The van der Waals surface area contributed by atoms with Crippen LogP contribution in [0.2, 0.25) is 0 Å². The van der Waals surface area contributed by atoms with Crippen LogP contribution in [-0.2, 0) is 20.8 Å². The van der Waals surface area contributed by atoms with Crippen LogP contribution in [0.4, 0.5) is 4.79 Å². The molecule has 1 aromatic rings. The first-order valence-electron chi connectivity index (χ1n) is 9.61. The van der Waals surface area contributed by atoms with Crippen LogP contribution in [0.25, 0.3) is 5.57 Å². The fourth-order valence-corrected chi connectivity index (χ4v) is 2.95. The van der Waals surface area contributed by atoms with E-state index in [-0.39, 0.29) is 6.09 Å². The molecule has 0 bridgehead atoms. The monoisotopic (exact) mass is 375 g/mol. The van der Waals surface area contributed by atoms with E-state index in [1.165, 1.54) is 11.1 Å². The van der Waals surface area contributed by atoms with Crippen molar-refractivity contribution < 1.29 is 19.0 Å². The molecule has 0 aliphatic carbocycles. The molecular weight excluding hydrogens is 342 g/mol. The topological polar surface area (TPSA) is 48.0 Å². The van der Waals surface area contributed by atoms with Crippen molar-refractivity contribution in [2.45, 2.75) is 46.3 Å². The molecule has 0 spiro atoms. The van der Waals surface area contributed by atoms with Gasteiger partial charge in [-0.1, -0.05) is 37.3 Å². The number of hydrogen-bond acceptors (Lipinski definition) is 4. The number of methoxy groups -OCH3 is 1. The molecule has 1 aliphatic heterocycles. The summed E-state index contributed by atoms with van der Waals surface area (Å²) >= 11 is 0. The average molecular weight is 376 g/mol. The molecule has 2 rings (SSSR count). The second kappa shape index (κ2) is 9.90. The maximum absolute atomic E-state index is 12.1. The lowest BCUT2D eigenvalue weighted by atomic mass is 9.98. The van der Waals surface area contributed by atoms with Crippen molar-refractivity contribution in [1.29, 1.82) is 0 Å². The zero-order valence-corrected chi connectivity index (χ0v) is 17.3. The summed E-state index contributed by atoms with van der Waals surface area (Å²) in [7, 11) is 1.71. The van der Waals surface area contributed by atoms with Gasteiger partial charge in [-0.25, -0.2) is 4.79 Å². The summed E-state index contributed by atoms with van der Waals surface area (Å²) in [6.45, 7) is 11.1. The first-order chi connectivity index (χ1) is 12.8. The number of amides is 1. The Morgan fingerprint density at radius 2 is 1.89 bits per heavy atom. The fraction of sp³-hybridized carbons (Fsp3) is 0.591. The molecule has 0 unspecified atom stereocenters. The van der Waals surface area contributed by atoms with Crippen LogP contribution in [0.15, 0.2) is 30.3 Å². The molecule has 150 valence electrons. The van der Waals surface area contributed by atoms with Gasteiger partial charge in [-0.3, -0.25) is 0 Å². The summed E-state index contributed by atoms with van der Waals surface area (Å²) in [6, 6.07) is 8.48. The van der Waals surface area contributed by atoms with Gasteiger partial charge in [-0.2, -0.15) is 0 Å². The van der Waals surface area contributed by atoms with Gasteiger partial charge < -0.3 is 19.1 Å². The largest absolute Gasteiger partial charge is 0.444 e. The Balaban J connectivity index is 1.84. The summed E-state index contributed by atoms with van der Waals surface area (Å²) < 4.78 is 16.3. The third kappa shape index (κ3) is 7.35. The summed E-state index contributed by atoms with van der Waals surface area (Å²) in [5.74, 6) is 0.398. The predicted molar refractivity (Wildman–Crippen MR) is 108 cm³/mol. The van der Waals surface area contributed by atoms with E-state index in [0.29, 0.717) is 38.8 Å². The van der Waals surface area contributed by atoms with Gasteiger partial charge in [-0.05, 0) is 43.9 Å². The van der Waals surface area contributed by atoms with Gasteiger partial charge >= 0.3 is 6.09 Å². The van der Waals surface area contributed by atoms with Crippen LogP contribution in [0.3, 0.4) is 0 Å². The maximum Gasteiger partial charge on any atom is 0.410 e. The van der Waals surface area contributed by atoms with Crippen LogP contribution >= 0.6 is 0 Å². The van der Waals surface area contributed by atoms with Gasteiger partial charge in [0.05, 0.1) is 19.8 Å². The molecule has 0 radical (unpaired) electrons. The van der Waals surface area contributed by atoms with Crippen molar-refractivity contribution >= 4 is 11.7 Å². The highest BCUT2D eigenvalue weighted by Gasteiger charge is 2.23. The first-order valence-corrected chi connectivity index (χ1v) is 9.61. The van der Waals surface area contributed by atoms with Crippen molar-refractivity contribution in [2.75, 3.05) is 33.4 Å². The van der Waals surface area contributed by atoms with Gasteiger partial charge in [-0.15, -0.1) is 0 Å². The highest BCUT2D eigenvalue weighted by molar-refractivity contribution is 5.72. The molecule has 1 atom stereocenters. The predicted octanol–water partition coefficient (Wildman–Crippen LogP) is 4.51. The number of benzene rings is 1. The molecule has 5 nitrogen and oxygen atoms in total. The first kappa shape index (κ1) is 21.5. The van der Waals surface area contributed by atoms with E-state index in [0.717, 1.165) is 12.0 Å². The molecule has 0 saturated heterocycles. The average Bonchev–Trinajstić information content (AvgIpc) is 2.61. The quantitative estimate of drug-likeness (QED) is 0.703. The molecule has 27 heavy (non-hydrogen) atoms. The van der Waals surface area contributed by atoms with E-state index in [9.17, 15) is 4.79 Å². The van der Waals surface area contributed by atoms with E-state index >= 15 is 0 Å². The highest BCUT2D eigenvalue weighted by atomic mass is 16.6. The van der Waals surface area contributed by atoms with Crippen molar-refractivity contribution in [1.82, 2.24) is 4.90 Å². The number of hydrogen-bond donors (Lipinski definition) is 0. The van der Waals surface area contributed by atoms with Crippen molar-refractivity contribution in [2.24, 2.45) is 5.92 Å². The smallest absolute Gasteiger partial charge is 0.410 e. The van der Waals surface area contributed by atoms with Crippen LogP contribution in [0.1, 0.15) is 45.2 Å². The summed E-state index contributed by atoms with van der Waals surface area (Å²) in [6.07, 6.45) is 2.71. The zero-order chi connectivity index (χ0) is 19.9. The lowest BCUT2D eigenvalue weighted by molar-refractivity contribution is 0.0270. The Morgan fingerprint density at radius 3 is 2.44 bits per heavy atom. The van der Waals surface area contributed by atoms with Gasteiger partial charge in [0.2, 0.25) is 0 Å². The Morgan fingerprint density at radius 1 is 1.19 bits per heavy atom. The second-order valence-electron chi connectivity index (χ2n) is 8.18. The van der Waals surface area contributed by atoms with Crippen LogP contribution in [0.5, 0.6) is 0 Å². The molecule has 1 heterocycles. The minimum atomic E-state index is -0.458. The Kier molecular flexibility index (Phi) is 7.87. The second-order valence-corrected chi connectivity index (χ2v) is 8.18. The summed E-state index contributed by atoms with van der Waals surface area (Å²) in [5, 5.41) is 0. The van der Waals surface area contributed by atoms with Crippen molar-refractivity contribution in [3.63, 3.8) is 0 Å². The minimum Gasteiger partial charge on any atom is -0.444 e. The lowest BCUT2D eigenvalue weighted by Gasteiger charge is -2.29. The maximum atomic E-state index is 12.1. The van der Waals surface area contributed by atoms with Gasteiger partial charge in [0.1, 0.15) is 5.60 Å². The number of nitrogens with zero attached hydrogens (tertiary/aromatic N) is 1. The molecule has 1 aromatic carbocycles. The van der Waals surface area contributed by atoms with Crippen LogP contribution in [-0.4, -0.2) is 50.0 Å². The zero-order valence-electron chi connectivity index (χ0n) is 17.3. The standard InChI is InChI=1S/C22H33NO4/c1-17(14-25-5)15-26-16-18-6-8-19(9-7-18)20-10-12-23(13-11-20)21(24)27-22(2,3)4/h6-10,17H,11-16H2,1-5H3/t17-/m0/s1. The van der Waals surface area contributed by atoms with Crippen molar-refractivity contribution in [3.8, 4) is 0 Å². The van der Waals surface area contributed by atoms with Crippen LogP contribution in [0, 0.1) is 5.92 Å². The minimum absolute atomic E-state index is 0.243. The van der Waals surface area contributed by atoms with Gasteiger partial charge in [0, 0.05) is 26.1 Å². The molecule has 1 amide bonds. The number of rotatable bonds is 7. The molecule has 0 aromatic heterocycles. The highest BCUT2D eigenvalue weighted by Crippen LogP contribution is 2.24.